The van der Waals surface area contributed by atoms with Gasteiger partial charge in [-0.25, -0.2) is 0 Å². The molecule has 0 bridgehead atoms. The molecule has 3 nitrogen and oxygen atoms in total. The molecule has 18 heavy (non-hydrogen) atoms. The van der Waals surface area contributed by atoms with Crippen molar-refractivity contribution in [1.82, 2.24) is 5.32 Å². The molecule has 1 heterocycles. The largest absolute Gasteiger partial charge is 0.411 e. The van der Waals surface area contributed by atoms with E-state index < -0.39 is 12.8 Å². The molecule has 108 valence electrons. The maximum atomic E-state index is 11.9. The highest BCUT2D eigenvalue weighted by Gasteiger charge is 2.31. The van der Waals surface area contributed by atoms with Gasteiger partial charge < -0.3 is 14.8 Å². The van der Waals surface area contributed by atoms with Gasteiger partial charge in [0, 0.05) is 26.4 Å². The molecule has 0 unspecified atom stereocenters. The van der Waals surface area contributed by atoms with Crippen LogP contribution >= 0.6 is 0 Å². The first-order valence-corrected chi connectivity index (χ1v) is 6.34. The number of alkyl halides is 3. The Balaban J connectivity index is 2.21. The summed E-state index contributed by atoms with van der Waals surface area (Å²) in [7, 11) is 1.90. The molecular weight excluding hydrogens is 247 g/mol. The zero-order valence-electron chi connectivity index (χ0n) is 10.8. The van der Waals surface area contributed by atoms with Gasteiger partial charge in [0.05, 0.1) is 0 Å². The minimum atomic E-state index is -4.22. The number of nitrogens with one attached hydrogen (secondary N) is 1. The SMILES string of the molecule is CNCC1(CCCOCC(F)(F)F)CCOCC1. The van der Waals surface area contributed by atoms with Gasteiger partial charge in [0.1, 0.15) is 6.61 Å². The fraction of sp³-hybridized carbons (Fsp3) is 1.00. The Morgan fingerprint density at radius 1 is 1.28 bits per heavy atom. The summed E-state index contributed by atoms with van der Waals surface area (Å²) in [5.74, 6) is 0. The average molecular weight is 269 g/mol. The van der Waals surface area contributed by atoms with E-state index >= 15 is 0 Å². The normalized spacial score (nSPS) is 20.0. The lowest BCUT2D eigenvalue weighted by Crippen LogP contribution is -2.38. The Bertz CT molecular complexity index is 222. The van der Waals surface area contributed by atoms with Gasteiger partial charge in [-0.15, -0.1) is 0 Å². The number of hydrogen-bond donors (Lipinski definition) is 1. The zero-order chi connectivity index (χ0) is 13.5. The fourth-order valence-electron chi connectivity index (χ4n) is 2.43. The monoisotopic (exact) mass is 269 g/mol. The van der Waals surface area contributed by atoms with Crippen molar-refractivity contribution in [3.63, 3.8) is 0 Å². The van der Waals surface area contributed by atoms with Gasteiger partial charge in [-0.2, -0.15) is 13.2 Å². The molecule has 1 aliphatic rings. The van der Waals surface area contributed by atoms with E-state index in [9.17, 15) is 13.2 Å². The molecule has 1 fully saturated rings. The van der Waals surface area contributed by atoms with Gasteiger partial charge in [-0.3, -0.25) is 0 Å². The second-order valence-electron chi connectivity index (χ2n) is 4.91. The number of halogens is 3. The molecule has 0 aromatic heterocycles. The van der Waals surface area contributed by atoms with Crippen LogP contribution in [0.1, 0.15) is 25.7 Å². The Morgan fingerprint density at radius 2 is 1.94 bits per heavy atom. The highest BCUT2D eigenvalue weighted by molar-refractivity contribution is 4.83. The topological polar surface area (TPSA) is 30.5 Å². The molecule has 1 aliphatic heterocycles. The molecule has 0 aromatic rings. The van der Waals surface area contributed by atoms with Crippen LogP contribution in [0, 0.1) is 5.41 Å². The molecule has 0 spiro atoms. The van der Waals surface area contributed by atoms with Gasteiger partial charge in [0.15, 0.2) is 0 Å². The maximum absolute atomic E-state index is 11.9. The van der Waals surface area contributed by atoms with Crippen molar-refractivity contribution in [3.05, 3.63) is 0 Å². The lowest BCUT2D eigenvalue weighted by atomic mass is 9.76. The number of ether oxygens (including phenoxy) is 2. The van der Waals surface area contributed by atoms with Crippen LogP contribution in [0.3, 0.4) is 0 Å². The summed E-state index contributed by atoms with van der Waals surface area (Å²) < 4.78 is 45.6. The van der Waals surface area contributed by atoms with E-state index in [-0.39, 0.29) is 12.0 Å². The van der Waals surface area contributed by atoms with E-state index in [4.69, 9.17) is 4.74 Å². The molecule has 1 rings (SSSR count). The molecule has 0 saturated carbocycles. The molecule has 6 heteroatoms. The van der Waals surface area contributed by atoms with E-state index in [0.717, 1.165) is 39.0 Å². The van der Waals surface area contributed by atoms with Crippen molar-refractivity contribution in [2.24, 2.45) is 5.41 Å². The molecular formula is C12H22F3NO2. The highest BCUT2D eigenvalue weighted by atomic mass is 19.4. The van der Waals surface area contributed by atoms with Crippen LogP contribution in [0.25, 0.3) is 0 Å². The lowest BCUT2D eigenvalue weighted by Gasteiger charge is -2.37. The van der Waals surface area contributed by atoms with Crippen molar-refractivity contribution in [3.8, 4) is 0 Å². The van der Waals surface area contributed by atoms with Crippen LogP contribution in [-0.4, -0.2) is 46.2 Å². The van der Waals surface area contributed by atoms with Crippen molar-refractivity contribution < 1.29 is 22.6 Å². The summed E-state index contributed by atoms with van der Waals surface area (Å²) in [6, 6.07) is 0. The van der Waals surface area contributed by atoms with Crippen molar-refractivity contribution in [2.75, 3.05) is 40.0 Å². The van der Waals surface area contributed by atoms with Crippen LogP contribution in [0.4, 0.5) is 13.2 Å². The third kappa shape index (κ3) is 6.02. The van der Waals surface area contributed by atoms with Crippen LogP contribution < -0.4 is 5.32 Å². The lowest BCUT2D eigenvalue weighted by molar-refractivity contribution is -0.174. The third-order valence-electron chi connectivity index (χ3n) is 3.37. The van der Waals surface area contributed by atoms with Gasteiger partial charge >= 0.3 is 6.18 Å². The molecule has 1 saturated heterocycles. The third-order valence-corrected chi connectivity index (χ3v) is 3.37. The quantitative estimate of drug-likeness (QED) is 0.720. The molecule has 0 amide bonds. The number of hydrogen-bond acceptors (Lipinski definition) is 3. The van der Waals surface area contributed by atoms with E-state index in [2.05, 4.69) is 10.1 Å². The smallest absolute Gasteiger partial charge is 0.381 e. The summed E-state index contributed by atoms with van der Waals surface area (Å²) in [6.45, 7) is 1.40. The van der Waals surface area contributed by atoms with Crippen LogP contribution in [0.15, 0.2) is 0 Å². The predicted molar refractivity (Wildman–Crippen MR) is 62.5 cm³/mol. The average Bonchev–Trinajstić information content (AvgIpc) is 2.28. The molecule has 0 aliphatic carbocycles. The van der Waals surface area contributed by atoms with Gasteiger partial charge in [0.25, 0.3) is 0 Å². The number of rotatable bonds is 7. The minimum absolute atomic E-state index is 0.161. The van der Waals surface area contributed by atoms with Crippen LogP contribution in [0.5, 0.6) is 0 Å². The van der Waals surface area contributed by atoms with Crippen molar-refractivity contribution >= 4 is 0 Å². The molecule has 1 N–H and O–H groups in total. The van der Waals surface area contributed by atoms with Crippen molar-refractivity contribution in [1.29, 1.82) is 0 Å². The first-order valence-electron chi connectivity index (χ1n) is 6.34. The summed E-state index contributed by atoms with van der Waals surface area (Å²) in [6.07, 6.45) is -0.742. The fourth-order valence-corrected chi connectivity index (χ4v) is 2.43. The Morgan fingerprint density at radius 3 is 2.50 bits per heavy atom. The molecule has 0 atom stereocenters. The summed E-state index contributed by atoms with van der Waals surface area (Å²) >= 11 is 0. The summed E-state index contributed by atoms with van der Waals surface area (Å²) in [5, 5.41) is 3.17. The van der Waals surface area contributed by atoms with E-state index in [1.165, 1.54) is 0 Å². The maximum Gasteiger partial charge on any atom is 0.411 e. The van der Waals surface area contributed by atoms with Crippen LogP contribution in [-0.2, 0) is 9.47 Å². The minimum Gasteiger partial charge on any atom is -0.381 e. The van der Waals surface area contributed by atoms with E-state index in [1.54, 1.807) is 0 Å². The zero-order valence-corrected chi connectivity index (χ0v) is 10.8. The Hall–Kier alpha value is -0.330. The van der Waals surface area contributed by atoms with E-state index in [1.807, 2.05) is 7.05 Å². The summed E-state index contributed by atoms with van der Waals surface area (Å²) in [5.41, 5.74) is 0.161. The second kappa shape index (κ2) is 7.31. The van der Waals surface area contributed by atoms with Gasteiger partial charge in [-0.05, 0) is 38.1 Å². The Kier molecular flexibility index (Phi) is 6.38. The van der Waals surface area contributed by atoms with Crippen LogP contribution in [0.2, 0.25) is 0 Å². The first kappa shape index (κ1) is 15.7. The Labute approximate surface area is 106 Å². The molecule has 0 aromatic carbocycles. The van der Waals surface area contributed by atoms with Crippen molar-refractivity contribution in [2.45, 2.75) is 31.9 Å². The summed E-state index contributed by atoms with van der Waals surface area (Å²) in [4.78, 5) is 0. The van der Waals surface area contributed by atoms with E-state index in [0.29, 0.717) is 6.42 Å². The predicted octanol–water partition coefficient (Wildman–Crippen LogP) is 2.36. The second-order valence-corrected chi connectivity index (χ2v) is 4.91. The highest BCUT2D eigenvalue weighted by Crippen LogP contribution is 2.34. The standard InChI is InChI=1S/C12H22F3NO2/c1-16-9-11(4-7-17-8-5-11)3-2-6-18-10-12(13,14)15/h16H,2-10H2,1H3. The molecule has 0 radical (unpaired) electrons. The first-order chi connectivity index (χ1) is 8.47. The van der Waals surface area contributed by atoms with Gasteiger partial charge in [0.2, 0.25) is 0 Å². The van der Waals surface area contributed by atoms with Gasteiger partial charge in [-0.1, -0.05) is 0 Å².